The molecule has 0 bridgehead atoms. The van der Waals surface area contributed by atoms with Crippen molar-refractivity contribution in [2.45, 2.75) is 6.18 Å². The van der Waals surface area contributed by atoms with Gasteiger partial charge in [0.25, 0.3) is 5.91 Å². The molecule has 0 aliphatic carbocycles. The minimum Gasteiger partial charge on any atom is -0.488 e. The van der Waals surface area contributed by atoms with Gasteiger partial charge in [0.05, 0.1) is 5.57 Å². The Balaban J connectivity index is 1.81. The van der Waals surface area contributed by atoms with Crippen molar-refractivity contribution in [3.63, 3.8) is 0 Å². The topological polar surface area (TPSA) is 51.2 Å². The van der Waals surface area contributed by atoms with E-state index in [4.69, 9.17) is 16.3 Å². The quantitative estimate of drug-likeness (QED) is 0.880. The molecule has 0 fully saturated rings. The molecule has 1 aliphatic heterocycles. The van der Waals surface area contributed by atoms with Gasteiger partial charge < -0.3 is 10.1 Å². The van der Waals surface area contributed by atoms with E-state index < -0.39 is 17.8 Å². The largest absolute Gasteiger partial charge is 0.488 e. The minimum atomic E-state index is -4.58. The van der Waals surface area contributed by atoms with E-state index in [9.17, 15) is 18.0 Å². The molecule has 1 amide bonds. The maximum absolute atomic E-state index is 12.6. The molecule has 2 heterocycles. The second kappa shape index (κ2) is 6.16. The maximum atomic E-state index is 12.6. The first kappa shape index (κ1) is 16.3. The minimum absolute atomic E-state index is 0.000568. The van der Waals surface area contributed by atoms with E-state index in [0.29, 0.717) is 16.3 Å². The van der Waals surface area contributed by atoms with Crippen molar-refractivity contribution in [2.75, 3.05) is 11.9 Å². The Bertz CT molecular complexity index is 834. The number of hydrogen-bond acceptors (Lipinski definition) is 3. The smallest absolute Gasteiger partial charge is 0.433 e. The summed E-state index contributed by atoms with van der Waals surface area (Å²) in [5.74, 6) is -0.201. The number of halogens is 4. The molecule has 3 rings (SSSR count). The van der Waals surface area contributed by atoms with Crippen LogP contribution in [0.3, 0.4) is 0 Å². The van der Waals surface area contributed by atoms with Gasteiger partial charge in [0, 0.05) is 10.6 Å². The molecule has 4 nitrogen and oxygen atoms in total. The van der Waals surface area contributed by atoms with E-state index in [1.54, 1.807) is 24.3 Å². The van der Waals surface area contributed by atoms with Crippen LogP contribution in [0.1, 0.15) is 11.3 Å². The average molecular weight is 355 g/mol. The van der Waals surface area contributed by atoms with Gasteiger partial charge >= 0.3 is 6.18 Å². The fourth-order valence-corrected chi connectivity index (χ4v) is 2.32. The number of pyridine rings is 1. The van der Waals surface area contributed by atoms with Crippen LogP contribution in [0.25, 0.3) is 6.08 Å². The predicted octanol–water partition coefficient (Wildman–Crippen LogP) is 4.17. The highest BCUT2D eigenvalue weighted by molar-refractivity contribution is 6.30. The number of nitrogens with one attached hydrogen (secondary N) is 1. The zero-order valence-corrected chi connectivity index (χ0v) is 12.8. The van der Waals surface area contributed by atoms with Gasteiger partial charge in [-0.2, -0.15) is 13.2 Å². The second-order valence-corrected chi connectivity index (χ2v) is 5.44. The summed E-state index contributed by atoms with van der Waals surface area (Å²) in [6.45, 7) is -0.000568. The van der Waals surface area contributed by atoms with Gasteiger partial charge in [-0.05, 0) is 36.4 Å². The number of carbonyl (C=O) groups is 1. The molecular formula is C16H10ClF3N2O2. The number of benzene rings is 1. The molecule has 0 atom stereocenters. The SMILES string of the molecule is O=C(Nc1cccc(C(F)(F)F)n1)C1=Cc2cc(Cl)ccc2OC1. The Morgan fingerprint density at radius 1 is 1.25 bits per heavy atom. The van der Waals surface area contributed by atoms with Gasteiger partial charge in [0.2, 0.25) is 0 Å². The number of aromatic nitrogens is 1. The van der Waals surface area contributed by atoms with Crippen LogP contribution in [-0.4, -0.2) is 17.5 Å². The lowest BCUT2D eigenvalue weighted by Crippen LogP contribution is -2.22. The number of nitrogens with zero attached hydrogens (tertiary/aromatic N) is 1. The number of rotatable bonds is 2. The third kappa shape index (κ3) is 3.51. The summed E-state index contributed by atoms with van der Waals surface area (Å²) in [7, 11) is 0. The molecule has 8 heteroatoms. The molecule has 24 heavy (non-hydrogen) atoms. The van der Waals surface area contributed by atoms with Crippen LogP contribution in [0.4, 0.5) is 19.0 Å². The van der Waals surface area contributed by atoms with E-state index in [1.807, 2.05) is 0 Å². The number of carbonyl (C=O) groups excluding carboxylic acids is 1. The summed E-state index contributed by atoms with van der Waals surface area (Å²) >= 11 is 5.89. The Kier molecular flexibility index (Phi) is 4.19. The number of hydrogen-bond donors (Lipinski definition) is 1. The number of fused-ring (bicyclic) bond motifs is 1. The normalized spacial score (nSPS) is 13.6. The average Bonchev–Trinajstić information content (AvgIpc) is 2.53. The summed E-state index contributed by atoms with van der Waals surface area (Å²) in [6.07, 6.45) is -3.00. The van der Waals surface area contributed by atoms with Crippen molar-refractivity contribution in [1.82, 2.24) is 4.98 Å². The van der Waals surface area contributed by atoms with E-state index in [-0.39, 0.29) is 18.0 Å². The van der Waals surface area contributed by atoms with Gasteiger partial charge in [0.1, 0.15) is 23.9 Å². The van der Waals surface area contributed by atoms with Crippen LogP contribution in [0.5, 0.6) is 5.75 Å². The van der Waals surface area contributed by atoms with Gasteiger partial charge in [-0.15, -0.1) is 0 Å². The van der Waals surface area contributed by atoms with Crippen molar-refractivity contribution >= 4 is 29.4 Å². The number of alkyl halides is 3. The lowest BCUT2D eigenvalue weighted by Gasteiger charge is -2.17. The Hall–Kier alpha value is -2.54. The number of ether oxygens (including phenoxy) is 1. The fourth-order valence-electron chi connectivity index (χ4n) is 2.14. The fraction of sp³-hybridized carbons (Fsp3) is 0.125. The zero-order chi connectivity index (χ0) is 17.3. The standard InChI is InChI=1S/C16H10ClF3N2O2/c17-11-4-5-12-9(7-11)6-10(8-24-12)15(23)22-14-3-1-2-13(21-14)16(18,19)20/h1-7H,8H2,(H,21,22,23). The summed E-state index contributed by atoms with van der Waals surface area (Å²) in [5.41, 5.74) is -0.203. The van der Waals surface area contributed by atoms with E-state index >= 15 is 0 Å². The van der Waals surface area contributed by atoms with E-state index in [2.05, 4.69) is 10.3 Å². The number of anilines is 1. The van der Waals surface area contributed by atoms with Crippen molar-refractivity contribution in [2.24, 2.45) is 0 Å². The highest BCUT2D eigenvalue weighted by atomic mass is 35.5. The highest BCUT2D eigenvalue weighted by Crippen LogP contribution is 2.30. The lowest BCUT2D eigenvalue weighted by molar-refractivity contribution is -0.141. The molecule has 1 aliphatic rings. The lowest BCUT2D eigenvalue weighted by atomic mass is 10.1. The van der Waals surface area contributed by atoms with Crippen LogP contribution in [0.2, 0.25) is 5.02 Å². The molecular weight excluding hydrogens is 345 g/mol. The van der Waals surface area contributed by atoms with Gasteiger partial charge in [0.15, 0.2) is 0 Å². The Morgan fingerprint density at radius 3 is 2.79 bits per heavy atom. The number of amides is 1. The first-order chi connectivity index (χ1) is 11.3. The van der Waals surface area contributed by atoms with Gasteiger partial charge in [-0.3, -0.25) is 4.79 Å². The summed E-state index contributed by atoms with van der Waals surface area (Å²) in [6, 6.07) is 8.25. The third-order valence-electron chi connectivity index (χ3n) is 3.26. The van der Waals surface area contributed by atoms with Gasteiger partial charge in [-0.1, -0.05) is 17.7 Å². The van der Waals surface area contributed by atoms with Crippen LogP contribution in [-0.2, 0) is 11.0 Å². The second-order valence-electron chi connectivity index (χ2n) is 5.00. The van der Waals surface area contributed by atoms with E-state index in [1.165, 1.54) is 12.1 Å². The molecule has 0 saturated carbocycles. The first-order valence-electron chi connectivity index (χ1n) is 6.81. The summed E-state index contributed by atoms with van der Waals surface area (Å²) in [5, 5.41) is 2.82. The first-order valence-corrected chi connectivity index (χ1v) is 7.19. The zero-order valence-electron chi connectivity index (χ0n) is 12.0. The Labute approximate surface area is 139 Å². The van der Waals surface area contributed by atoms with Crippen molar-refractivity contribution in [1.29, 1.82) is 0 Å². The van der Waals surface area contributed by atoms with Crippen LogP contribution >= 0.6 is 11.6 Å². The molecule has 0 radical (unpaired) electrons. The third-order valence-corrected chi connectivity index (χ3v) is 3.49. The molecule has 0 spiro atoms. The van der Waals surface area contributed by atoms with Gasteiger partial charge in [-0.25, -0.2) is 4.98 Å². The summed E-state index contributed by atoms with van der Waals surface area (Å²) in [4.78, 5) is 15.6. The molecule has 1 aromatic heterocycles. The Morgan fingerprint density at radius 2 is 2.04 bits per heavy atom. The van der Waals surface area contributed by atoms with Crippen molar-refractivity contribution in [3.8, 4) is 5.75 Å². The van der Waals surface area contributed by atoms with E-state index in [0.717, 1.165) is 6.07 Å². The van der Waals surface area contributed by atoms with Crippen molar-refractivity contribution in [3.05, 3.63) is 58.3 Å². The summed E-state index contributed by atoms with van der Waals surface area (Å²) < 4.78 is 43.4. The highest BCUT2D eigenvalue weighted by Gasteiger charge is 2.32. The monoisotopic (exact) mass is 354 g/mol. The van der Waals surface area contributed by atoms with Crippen molar-refractivity contribution < 1.29 is 22.7 Å². The molecule has 0 unspecified atom stereocenters. The molecule has 1 aromatic carbocycles. The van der Waals surface area contributed by atoms with Crippen LogP contribution in [0, 0.1) is 0 Å². The molecule has 1 N–H and O–H groups in total. The predicted molar refractivity (Wildman–Crippen MR) is 82.8 cm³/mol. The molecule has 0 saturated heterocycles. The maximum Gasteiger partial charge on any atom is 0.433 e. The van der Waals surface area contributed by atoms with Crippen LogP contribution < -0.4 is 10.1 Å². The van der Waals surface area contributed by atoms with Crippen LogP contribution in [0.15, 0.2) is 42.0 Å². The molecule has 124 valence electrons. The molecule has 2 aromatic rings.